The average molecular weight is 211 g/mol. The molecule has 1 aliphatic carbocycles. The van der Waals surface area contributed by atoms with Crippen LogP contribution in [0.2, 0.25) is 0 Å². The highest BCUT2D eigenvalue weighted by molar-refractivity contribution is 5.76. The molecular formula is C12H21NO2. The first-order valence-corrected chi connectivity index (χ1v) is 5.64. The number of carbonyl (C=O) groups excluding carboxylic acids is 1. The molecule has 0 saturated heterocycles. The van der Waals surface area contributed by atoms with Crippen molar-refractivity contribution in [2.24, 2.45) is 5.92 Å². The second-order valence-corrected chi connectivity index (χ2v) is 4.37. The number of nitrogens with one attached hydrogen (secondary N) is 1. The first kappa shape index (κ1) is 12.2. The van der Waals surface area contributed by atoms with E-state index >= 15 is 0 Å². The van der Waals surface area contributed by atoms with Crippen molar-refractivity contribution >= 4 is 5.97 Å². The van der Waals surface area contributed by atoms with Gasteiger partial charge in [-0.3, -0.25) is 4.79 Å². The van der Waals surface area contributed by atoms with Crippen molar-refractivity contribution in [3.05, 3.63) is 12.2 Å². The number of hydrogen-bond acceptors (Lipinski definition) is 3. The molecule has 86 valence electrons. The van der Waals surface area contributed by atoms with Crippen molar-refractivity contribution in [2.45, 2.75) is 45.2 Å². The lowest BCUT2D eigenvalue weighted by molar-refractivity contribution is -0.145. The summed E-state index contributed by atoms with van der Waals surface area (Å²) in [4.78, 5) is 11.6. The van der Waals surface area contributed by atoms with E-state index in [1.54, 1.807) is 0 Å². The summed E-state index contributed by atoms with van der Waals surface area (Å²) in [6.07, 6.45) is 7.44. The standard InChI is InChI=1S/C12H21NO2/c1-9(2)13-11(12(14)15-3)10-7-5-4-6-8-10/h4-5,9-11,13H,6-8H2,1-3H3. The van der Waals surface area contributed by atoms with Crippen LogP contribution in [0.4, 0.5) is 0 Å². The van der Waals surface area contributed by atoms with Crippen LogP contribution in [0.5, 0.6) is 0 Å². The second kappa shape index (κ2) is 5.91. The summed E-state index contributed by atoms with van der Waals surface area (Å²) in [5.41, 5.74) is 0. The SMILES string of the molecule is COC(=O)C(NC(C)C)C1CC=CCC1. The molecule has 0 spiro atoms. The Bertz CT molecular complexity index is 236. The molecule has 1 rings (SSSR count). The van der Waals surface area contributed by atoms with Gasteiger partial charge in [0.2, 0.25) is 0 Å². The Hall–Kier alpha value is -0.830. The summed E-state index contributed by atoms with van der Waals surface area (Å²) in [5.74, 6) is 0.244. The predicted molar refractivity (Wildman–Crippen MR) is 60.6 cm³/mol. The van der Waals surface area contributed by atoms with Crippen LogP contribution in [-0.4, -0.2) is 25.2 Å². The maximum absolute atomic E-state index is 11.6. The van der Waals surface area contributed by atoms with E-state index in [9.17, 15) is 4.79 Å². The Labute approximate surface area is 91.9 Å². The zero-order chi connectivity index (χ0) is 11.3. The quantitative estimate of drug-likeness (QED) is 0.570. The fraction of sp³-hybridized carbons (Fsp3) is 0.750. The van der Waals surface area contributed by atoms with E-state index in [-0.39, 0.29) is 12.0 Å². The minimum Gasteiger partial charge on any atom is -0.468 e. The van der Waals surface area contributed by atoms with Gasteiger partial charge < -0.3 is 10.1 Å². The topological polar surface area (TPSA) is 38.3 Å². The van der Waals surface area contributed by atoms with Gasteiger partial charge in [0.1, 0.15) is 6.04 Å². The molecule has 0 aromatic carbocycles. The third kappa shape index (κ3) is 3.67. The molecule has 3 nitrogen and oxygen atoms in total. The highest BCUT2D eigenvalue weighted by Gasteiger charge is 2.29. The number of hydrogen-bond donors (Lipinski definition) is 1. The molecule has 0 radical (unpaired) electrons. The predicted octanol–water partition coefficient (Wildman–Crippen LogP) is 1.88. The molecule has 0 bridgehead atoms. The Morgan fingerprint density at radius 2 is 2.20 bits per heavy atom. The van der Waals surface area contributed by atoms with Gasteiger partial charge in [-0.1, -0.05) is 26.0 Å². The Balaban J connectivity index is 2.62. The van der Waals surface area contributed by atoms with Crippen LogP contribution < -0.4 is 5.32 Å². The number of esters is 1. The Morgan fingerprint density at radius 3 is 2.67 bits per heavy atom. The number of methoxy groups -OCH3 is 1. The van der Waals surface area contributed by atoms with Gasteiger partial charge in [0, 0.05) is 6.04 Å². The lowest BCUT2D eigenvalue weighted by Crippen LogP contribution is -2.46. The molecule has 0 saturated carbocycles. The van der Waals surface area contributed by atoms with Gasteiger partial charge in [0.05, 0.1) is 7.11 Å². The molecule has 15 heavy (non-hydrogen) atoms. The number of rotatable bonds is 4. The fourth-order valence-corrected chi connectivity index (χ4v) is 2.00. The molecule has 0 heterocycles. The molecule has 0 aliphatic heterocycles. The molecule has 2 unspecified atom stereocenters. The summed E-state index contributed by atoms with van der Waals surface area (Å²) in [7, 11) is 1.45. The average Bonchev–Trinajstić information content (AvgIpc) is 2.26. The molecule has 2 atom stereocenters. The van der Waals surface area contributed by atoms with Crippen molar-refractivity contribution in [3.63, 3.8) is 0 Å². The Kier molecular flexibility index (Phi) is 4.82. The molecule has 0 amide bonds. The number of carbonyl (C=O) groups is 1. The van der Waals surface area contributed by atoms with Crippen molar-refractivity contribution in [2.75, 3.05) is 7.11 Å². The van der Waals surface area contributed by atoms with Gasteiger partial charge in [-0.15, -0.1) is 0 Å². The summed E-state index contributed by atoms with van der Waals surface area (Å²) in [5, 5.41) is 3.29. The molecule has 0 aromatic heterocycles. The van der Waals surface area contributed by atoms with Crippen molar-refractivity contribution in [3.8, 4) is 0 Å². The zero-order valence-corrected chi connectivity index (χ0v) is 9.82. The van der Waals surface area contributed by atoms with Gasteiger partial charge in [-0.2, -0.15) is 0 Å². The lowest BCUT2D eigenvalue weighted by Gasteiger charge is -2.28. The third-order valence-corrected chi connectivity index (χ3v) is 2.75. The maximum atomic E-state index is 11.6. The molecule has 1 N–H and O–H groups in total. The van der Waals surface area contributed by atoms with Gasteiger partial charge in [0.25, 0.3) is 0 Å². The summed E-state index contributed by atoms with van der Waals surface area (Å²) in [6, 6.07) is 0.153. The first-order chi connectivity index (χ1) is 7.15. The van der Waals surface area contributed by atoms with Crippen molar-refractivity contribution in [1.29, 1.82) is 0 Å². The molecule has 0 fully saturated rings. The van der Waals surface area contributed by atoms with E-state index in [1.165, 1.54) is 7.11 Å². The summed E-state index contributed by atoms with van der Waals surface area (Å²) >= 11 is 0. The highest BCUT2D eigenvalue weighted by atomic mass is 16.5. The largest absolute Gasteiger partial charge is 0.468 e. The van der Waals surface area contributed by atoms with Crippen LogP contribution >= 0.6 is 0 Å². The minimum atomic E-state index is -0.153. The van der Waals surface area contributed by atoms with E-state index in [0.717, 1.165) is 19.3 Å². The minimum absolute atomic E-state index is 0.135. The molecular weight excluding hydrogens is 190 g/mol. The lowest BCUT2D eigenvalue weighted by atomic mass is 9.87. The van der Waals surface area contributed by atoms with Gasteiger partial charge in [0.15, 0.2) is 0 Å². The van der Waals surface area contributed by atoms with E-state index in [2.05, 4.69) is 31.3 Å². The smallest absolute Gasteiger partial charge is 0.323 e. The van der Waals surface area contributed by atoms with Crippen LogP contribution in [0, 0.1) is 5.92 Å². The van der Waals surface area contributed by atoms with Gasteiger partial charge >= 0.3 is 5.97 Å². The van der Waals surface area contributed by atoms with Crippen LogP contribution in [-0.2, 0) is 9.53 Å². The summed E-state index contributed by atoms with van der Waals surface area (Å²) in [6.45, 7) is 4.10. The first-order valence-electron chi connectivity index (χ1n) is 5.64. The van der Waals surface area contributed by atoms with Crippen molar-refractivity contribution in [1.82, 2.24) is 5.32 Å². The van der Waals surface area contributed by atoms with Crippen molar-refractivity contribution < 1.29 is 9.53 Å². The monoisotopic (exact) mass is 211 g/mol. The van der Waals surface area contributed by atoms with Crippen LogP contribution in [0.25, 0.3) is 0 Å². The normalized spacial score (nSPS) is 22.8. The van der Waals surface area contributed by atoms with E-state index in [4.69, 9.17) is 4.74 Å². The van der Waals surface area contributed by atoms with Crippen LogP contribution in [0.15, 0.2) is 12.2 Å². The summed E-state index contributed by atoms with van der Waals surface area (Å²) < 4.78 is 4.84. The van der Waals surface area contributed by atoms with E-state index < -0.39 is 0 Å². The van der Waals surface area contributed by atoms with Gasteiger partial charge in [-0.05, 0) is 25.2 Å². The number of allylic oxidation sites excluding steroid dienone is 2. The van der Waals surface area contributed by atoms with Crippen LogP contribution in [0.3, 0.4) is 0 Å². The van der Waals surface area contributed by atoms with E-state index in [1.807, 2.05) is 0 Å². The molecule has 0 aromatic rings. The van der Waals surface area contributed by atoms with Crippen LogP contribution in [0.1, 0.15) is 33.1 Å². The second-order valence-electron chi connectivity index (χ2n) is 4.37. The fourth-order valence-electron chi connectivity index (χ4n) is 2.00. The zero-order valence-electron chi connectivity index (χ0n) is 9.82. The van der Waals surface area contributed by atoms with E-state index in [0.29, 0.717) is 12.0 Å². The van der Waals surface area contributed by atoms with Gasteiger partial charge in [-0.25, -0.2) is 0 Å². The third-order valence-electron chi connectivity index (χ3n) is 2.75. The highest BCUT2D eigenvalue weighted by Crippen LogP contribution is 2.22. The Morgan fingerprint density at radius 1 is 1.47 bits per heavy atom. The maximum Gasteiger partial charge on any atom is 0.323 e. The number of ether oxygens (including phenoxy) is 1. The molecule has 3 heteroatoms. The molecule has 1 aliphatic rings.